The second-order valence-electron chi connectivity index (χ2n) is 8.45. The van der Waals surface area contributed by atoms with Gasteiger partial charge in [-0.2, -0.15) is 0 Å². The first kappa shape index (κ1) is 22.1. The largest absolute Gasteiger partial charge is 0.497 e. The monoisotopic (exact) mass is 495 g/mol. The van der Waals surface area contributed by atoms with Crippen molar-refractivity contribution in [2.75, 3.05) is 7.11 Å². The third-order valence-electron chi connectivity index (χ3n) is 6.23. The molecule has 0 aliphatic rings. The van der Waals surface area contributed by atoms with Crippen molar-refractivity contribution in [3.8, 4) is 5.75 Å². The van der Waals surface area contributed by atoms with Gasteiger partial charge in [0.25, 0.3) is 5.65 Å². The van der Waals surface area contributed by atoms with Crippen LogP contribution in [0.3, 0.4) is 0 Å². The number of para-hydroxylation sites is 2. The highest BCUT2D eigenvalue weighted by molar-refractivity contribution is 7.11. The number of H-pyrrole nitrogens is 1. The fourth-order valence-corrected chi connectivity index (χ4v) is 4.95. The molecule has 1 N–H and O–H groups in total. The first-order valence-corrected chi connectivity index (χ1v) is 12.4. The van der Waals surface area contributed by atoms with E-state index in [9.17, 15) is 4.79 Å². The first-order valence-electron chi connectivity index (χ1n) is 11.6. The summed E-state index contributed by atoms with van der Waals surface area (Å²) in [5.74, 6) is 1.55. The number of hydrogen-bond donors (Lipinski definition) is 0. The molecule has 0 saturated heterocycles. The molecule has 0 amide bonds. The summed E-state index contributed by atoms with van der Waals surface area (Å²) in [7, 11) is 1.65. The maximum Gasteiger partial charge on any atom is 0.323 e. The fourth-order valence-electron chi connectivity index (χ4n) is 4.37. The summed E-state index contributed by atoms with van der Waals surface area (Å²) in [5, 5.41) is 7.18. The van der Waals surface area contributed by atoms with Crippen LogP contribution in [-0.2, 0) is 13.0 Å². The SMILES string of the molecule is COc1ccc(CCn2c(C)[nH+]c3c(c2=O)c2nc4ccccc4nc2n3/N=C/c2cccs2)cc1. The van der Waals surface area contributed by atoms with E-state index in [1.54, 1.807) is 33.9 Å². The molecular formula is C27H23N6O2S+. The molecule has 4 aromatic heterocycles. The fraction of sp³-hybridized carbons (Fsp3) is 0.148. The molecule has 0 aliphatic heterocycles. The molecule has 9 heteroatoms. The Morgan fingerprint density at radius 1 is 1.06 bits per heavy atom. The van der Waals surface area contributed by atoms with E-state index in [2.05, 4.69) is 4.98 Å². The Labute approximate surface area is 210 Å². The maximum atomic E-state index is 13.9. The van der Waals surface area contributed by atoms with Crippen LogP contribution in [0.5, 0.6) is 5.75 Å². The molecule has 0 saturated carbocycles. The zero-order valence-corrected chi connectivity index (χ0v) is 20.6. The lowest BCUT2D eigenvalue weighted by Gasteiger charge is -2.06. The van der Waals surface area contributed by atoms with Gasteiger partial charge in [-0.1, -0.05) is 30.3 Å². The predicted octanol–water partition coefficient (Wildman–Crippen LogP) is 4.22. The Bertz CT molecular complexity index is 1800. The number of aromatic nitrogens is 5. The summed E-state index contributed by atoms with van der Waals surface area (Å²) in [5.41, 5.74) is 4.14. The van der Waals surface area contributed by atoms with E-state index in [0.717, 1.165) is 33.0 Å². The number of aryl methyl sites for hydroxylation is 2. The minimum atomic E-state index is -0.116. The van der Waals surface area contributed by atoms with Crippen molar-refractivity contribution in [3.05, 3.63) is 92.7 Å². The van der Waals surface area contributed by atoms with Gasteiger partial charge in [0.2, 0.25) is 11.5 Å². The van der Waals surface area contributed by atoms with Gasteiger partial charge in [0.1, 0.15) is 11.3 Å². The highest BCUT2D eigenvalue weighted by Gasteiger charge is 2.26. The number of rotatable bonds is 6. The maximum absolute atomic E-state index is 13.9. The van der Waals surface area contributed by atoms with E-state index >= 15 is 0 Å². The zero-order chi connectivity index (χ0) is 24.6. The molecule has 6 rings (SSSR count). The van der Waals surface area contributed by atoms with E-state index < -0.39 is 0 Å². The van der Waals surface area contributed by atoms with Crippen LogP contribution in [0.2, 0.25) is 0 Å². The van der Waals surface area contributed by atoms with Crippen LogP contribution in [-0.4, -0.2) is 32.5 Å². The Hall–Kier alpha value is -4.37. The van der Waals surface area contributed by atoms with Gasteiger partial charge in [0.15, 0.2) is 5.39 Å². The van der Waals surface area contributed by atoms with Crippen LogP contribution in [0.25, 0.3) is 33.2 Å². The van der Waals surface area contributed by atoms with Crippen LogP contribution >= 0.6 is 11.3 Å². The van der Waals surface area contributed by atoms with Crippen molar-refractivity contribution in [2.24, 2.45) is 5.10 Å². The number of nitrogens with one attached hydrogen (secondary N) is 1. The summed E-state index contributed by atoms with van der Waals surface area (Å²) in [6, 6.07) is 19.5. The average Bonchev–Trinajstić information content (AvgIpc) is 3.52. The summed E-state index contributed by atoms with van der Waals surface area (Å²) in [6.45, 7) is 2.42. The van der Waals surface area contributed by atoms with Crippen molar-refractivity contribution < 1.29 is 9.72 Å². The molecule has 4 heterocycles. The Balaban J connectivity index is 1.53. The average molecular weight is 496 g/mol. The second-order valence-corrected chi connectivity index (χ2v) is 9.42. The summed E-state index contributed by atoms with van der Waals surface area (Å²) in [6.07, 6.45) is 2.48. The zero-order valence-electron chi connectivity index (χ0n) is 19.8. The lowest BCUT2D eigenvalue weighted by Crippen LogP contribution is -2.31. The van der Waals surface area contributed by atoms with Gasteiger partial charge in [0, 0.05) is 18.2 Å². The number of thiophene rings is 1. The molecule has 2 aromatic carbocycles. The van der Waals surface area contributed by atoms with Crippen molar-refractivity contribution >= 4 is 50.8 Å². The molecule has 36 heavy (non-hydrogen) atoms. The molecule has 0 bridgehead atoms. The third kappa shape index (κ3) is 3.83. The van der Waals surface area contributed by atoms with Gasteiger partial charge in [-0.3, -0.25) is 0 Å². The Morgan fingerprint density at radius 2 is 1.83 bits per heavy atom. The van der Waals surface area contributed by atoms with Crippen LogP contribution < -0.4 is 15.3 Å². The Kier molecular flexibility index (Phi) is 5.54. The van der Waals surface area contributed by atoms with E-state index in [-0.39, 0.29) is 5.56 Å². The third-order valence-corrected chi connectivity index (χ3v) is 7.04. The molecular weight excluding hydrogens is 472 g/mol. The molecule has 0 fully saturated rings. The topological polar surface area (TPSA) is 88.4 Å². The standard InChI is InChI=1S/C27H22N6O2S/c1-17-29-25-23(27(34)32(17)14-13-18-9-11-19(35-2)12-10-18)24-26(31-22-8-4-3-7-21(22)30-24)33(25)28-16-20-6-5-15-36-20/h3-12,15-16H,13-14H2,1-2H3/p+1/b28-16+. The molecule has 6 aromatic rings. The summed E-state index contributed by atoms with van der Waals surface area (Å²) in [4.78, 5) is 27.9. The molecule has 8 nitrogen and oxygen atoms in total. The predicted molar refractivity (Wildman–Crippen MR) is 142 cm³/mol. The first-order chi connectivity index (χ1) is 17.6. The van der Waals surface area contributed by atoms with E-state index in [1.165, 1.54) is 0 Å². The number of ether oxygens (including phenoxy) is 1. The van der Waals surface area contributed by atoms with Gasteiger partial charge in [-0.05, 0) is 41.3 Å². The smallest absolute Gasteiger partial charge is 0.323 e. The van der Waals surface area contributed by atoms with Crippen LogP contribution in [0, 0.1) is 6.92 Å². The van der Waals surface area contributed by atoms with Crippen LogP contribution in [0.15, 0.2) is 75.9 Å². The van der Waals surface area contributed by atoms with E-state index in [1.807, 2.05) is 73.0 Å². The molecule has 0 atom stereocenters. The highest BCUT2D eigenvalue weighted by atomic mass is 32.1. The second kappa shape index (κ2) is 9.01. The van der Waals surface area contributed by atoms with Crippen LogP contribution in [0.4, 0.5) is 0 Å². The number of aromatic amines is 1. The normalized spacial score (nSPS) is 11.8. The molecule has 178 valence electrons. The van der Waals surface area contributed by atoms with Gasteiger partial charge in [-0.15, -0.1) is 21.1 Å². The summed E-state index contributed by atoms with van der Waals surface area (Å²) < 4.78 is 8.70. The molecule has 0 radical (unpaired) electrons. The van der Waals surface area contributed by atoms with Crippen molar-refractivity contribution in [3.63, 3.8) is 0 Å². The Morgan fingerprint density at radius 3 is 2.56 bits per heavy atom. The number of methoxy groups -OCH3 is 1. The quantitative estimate of drug-likeness (QED) is 0.324. The van der Waals surface area contributed by atoms with Crippen molar-refractivity contribution in [1.29, 1.82) is 0 Å². The number of benzene rings is 2. The van der Waals surface area contributed by atoms with E-state index in [4.69, 9.17) is 19.8 Å². The molecule has 0 aliphatic carbocycles. The highest BCUT2D eigenvalue weighted by Crippen LogP contribution is 2.24. The minimum absolute atomic E-state index is 0.116. The van der Waals surface area contributed by atoms with Gasteiger partial charge >= 0.3 is 5.56 Å². The van der Waals surface area contributed by atoms with Gasteiger partial charge in [0.05, 0.1) is 30.9 Å². The van der Waals surface area contributed by atoms with Gasteiger partial charge in [-0.25, -0.2) is 24.3 Å². The molecule has 0 spiro atoms. The van der Waals surface area contributed by atoms with Gasteiger partial charge < -0.3 is 4.74 Å². The number of hydrogen-bond acceptors (Lipinski definition) is 6. The number of nitrogens with zero attached hydrogens (tertiary/aromatic N) is 5. The number of fused-ring (bicyclic) bond motifs is 4. The van der Waals surface area contributed by atoms with Crippen molar-refractivity contribution in [1.82, 2.24) is 19.2 Å². The minimum Gasteiger partial charge on any atom is -0.497 e. The van der Waals surface area contributed by atoms with Crippen LogP contribution in [0.1, 0.15) is 16.3 Å². The van der Waals surface area contributed by atoms with E-state index in [0.29, 0.717) is 35.2 Å². The van der Waals surface area contributed by atoms with Crippen molar-refractivity contribution in [2.45, 2.75) is 19.9 Å². The molecule has 0 unspecified atom stereocenters. The lowest BCUT2D eigenvalue weighted by atomic mass is 10.1. The summed E-state index contributed by atoms with van der Waals surface area (Å²) >= 11 is 1.59. The lowest BCUT2D eigenvalue weighted by molar-refractivity contribution is -0.368.